The number of aromatic nitrogens is 1. The summed E-state index contributed by atoms with van der Waals surface area (Å²) in [6, 6.07) is 13.8. The maximum Gasteiger partial charge on any atom is 0.301 e. The number of hydrogen-bond donors (Lipinski definition) is 1. The molecule has 154 valence electrons. The number of thiazole rings is 1. The number of fused-ring (bicyclic) bond motifs is 1. The van der Waals surface area contributed by atoms with Crippen molar-refractivity contribution in [1.29, 1.82) is 0 Å². The van der Waals surface area contributed by atoms with Crippen LogP contribution in [0.25, 0.3) is 16.0 Å². The van der Waals surface area contributed by atoms with Crippen molar-refractivity contribution in [3.05, 3.63) is 87.4 Å². The Kier molecular flexibility index (Phi) is 4.68. The van der Waals surface area contributed by atoms with E-state index in [1.54, 1.807) is 0 Å². The molecule has 0 bridgehead atoms. The van der Waals surface area contributed by atoms with Gasteiger partial charge in [0.2, 0.25) is 0 Å². The summed E-state index contributed by atoms with van der Waals surface area (Å²) in [5, 5.41) is 13.2. The average molecular weight is 451 g/mol. The van der Waals surface area contributed by atoms with Crippen LogP contribution in [0.3, 0.4) is 0 Å². The zero-order valence-electron chi connectivity index (χ0n) is 16.2. The summed E-state index contributed by atoms with van der Waals surface area (Å²) in [5.41, 5.74) is 2.03. The van der Waals surface area contributed by atoms with Crippen LogP contribution in [0.2, 0.25) is 0 Å². The fourth-order valence-electron chi connectivity index (χ4n) is 3.63. The molecule has 4 aromatic rings. The van der Waals surface area contributed by atoms with E-state index in [1.165, 1.54) is 51.8 Å². The Bertz CT molecular complexity index is 1360. The van der Waals surface area contributed by atoms with Crippen molar-refractivity contribution in [2.45, 2.75) is 13.0 Å². The van der Waals surface area contributed by atoms with E-state index in [4.69, 9.17) is 0 Å². The molecule has 1 amide bonds. The number of amides is 1. The maximum absolute atomic E-state index is 13.3. The minimum absolute atomic E-state index is 0.0329. The molecule has 1 unspecified atom stereocenters. The van der Waals surface area contributed by atoms with Gasteiger partial charge < -0.3 is 5.11 Å². The number of aliphatic hydroxyl groups excluding tert-OH is 1. The second kappa shape index (κ2) is 7.40. The van der Waals surface area contributed by atoms with Crippen LogP contribution >= 0.6 is 22.7 Å². The number of aryl methyl sites for hydroxylation is 1. The molecular weight excluding hydrogens is 435 g/mol. The molecule has 8 heteroatoms. The monoisotopic (exact) mass is 450 g/mol. The lowest BCUT2D eigenvalue weighted by atomic mass is 10.00. The summed E-state index contributed by atoms with van der Waals surface area (Å²) in [5.74, 6) is -2.35. The van der Waals surface area contributed by atoms with Crippen molar-refractivity contribution in [2.24, 2.45) is 0 Å². The van der Waals surface area contributed by atoms with E-state index in [9.17, 15) is 19.1 Å². The zero-order valence-corrected chi connectivity index (χ0v) is 17.8. The Morgan fingerprint density at radius 2 is 1.90 bits per heavy atom. The molecule has 2 aromatic carbocycles. The van der Waals surface area contributed by atoms with Gasteiger partial charge in [-0.3, -0.25) is 14.5 Å². The third-order valence-electron chi connectivity index (χ3n) is 5.11. The number of benzene rings is 2. The molecule has 31 heavy (non-hydrogen) atoms. The largest absolute Gasteiger partial charge is 0.507 e. The van der Waals surface area contributed by atoms with Crippen molar-refractivity contribution in [3.8, 4) is 0 Å². The van der Waals surface area contributed by atoms with Crippen LogP contribution in [0, 0.1) is 12.7 Å². The summed E-state index contributed by atoms with van der Waals surface area (Å²) in [6.07, 6.45) is 0. The van der Waals surface area contributed by atoms with Gasteiger partial charge in [-0.1, -0.05) is 23.5 Å². The maximum atomic E-state index is 13.3. The molecule has 0 radical (unpaired) electrons. The molecule has 0 saturated carbocycles. The SMILES string of the molecule is Cc1ccc2nc(N3C(=O)C(=O)C(=C(O)c4ccc(F)cc4)C3c3cccs3)sc2c1. The van der Waals surface area contributed by atoms with E-state index >= 15 is 0 Å². The van der Waals surface area contributed by atoms with E-state index in [2.05, 4.69) is 4.98 Å². The first kappa shape index (κ1) is 19.6. The quantitative estimate of drug-likeness (QED) is 0.257. The second-order valence-corrected chi connectivity index (χ2v) is 9.15. The second-order valence-electron chi connectivity index (χ2n) is 7.16. The molecule has 2 aromatic heterocycles. The highest BCUT2D eigenvalue weighted by atomic mass is 32.1. The third-order valence-corrected chi connectivity index (χ3v) is 7.06. The Labute approximate surface area is 184 Å². The van der Waals surface area contributed by atoms with E-state index in [0.29, 0.717) is 5.13 Å². The Hall–Kier alpha value is -3.36. The Morgan fingerprint density at radius 1 is 1.13 bits per heavy atom. The minimum atomic E-state index is -0.813. The van der Waals surface area contributed by atoms with Crippen molar-refractivity contribution in [2.75, 3.05) is 4.90 Å². The van der Waals surface area contributed by atoms with E-state index < -0.39 is 23.5 Å². The van der Waals surface area contributed by atoms with Crippen molar-refractivity contribution in [3.63, 3.8) is 0 Å². The van der Waals surface area contributed by atoms with Gasteiger partial charge in [0.25, 0.3) is 5.78 Å². The Morgan fingerprint density at radius 3 is 2.61 bits per heavy atom. The summed E-state index contributed by atoms with van der Waals surface area (Å²) in [7, 11) is 0. The Balaban J connectivity index is 1.71. The van der Waals surface area contributed by atoms with Gasteiger partial charge in [-0.15, -0.1) is 11.3 Å². The number of anilines is 1. The highest BCUT2D eigenvalue weighted by molar-refractivity contribution is 7.22. The number of carbonyl (C=O) groups is 2. The van der Waals surface area contributed by atoms with E-state index in [0.717, 1.165) is 20.7 Å². The molecule has 0 aliphatic carbocycles. The number of thiophene rings is 1. The highest BCUT2D eigenvalue weighted by Crippen LogP contribution is 2.45. The fourth-order valence-corrected chi connectivity index (χ4v) is 5.55. The van der Waals surface area contributed by atoms with Gasteiger partial charge in [0, 0.05) is 10.4 Å². The summed E-state index contributed by atoms with van der Waals surface area (Å²) >= 11 is 2.70. The number of aliphatic hydroxyl groups is 1. The lowest BCUT2D eigenvalue weighted by Gasteiger charge is -2.21. The number of rotatable bonds is 3. The van der Waals surface area contributed by atoms with Gasteiger partial charge in [-0.05, 0) is 60.3 Å². The van der Waals surface area contributed by atoms with Gasteiger partial charge in [-0.25, -0.2) is 9.37 Å². The molecule has 1 saturated heterocycles. The average Bonchev–Trinajstić information content (AvgIpc) is 3.47. The predicted octanol–water partition coefficient (Wildman–Crippen LogP) is 5.43. The highest BCUT2D eigenvalue weighted by Gasteiger charge is 2.48. The molecule has 1 N–H and O–H groups in total. The number of halogens is 1. The number of ketones is 1. The molecular formula is C23H15FN2O3S2. The standard InChI is InChI=1S/C23H15FN2O3S2/c1-12-4-9-15-17(11-12)31-23(25-15)26-19(16-3-2-10-30-16)18(21(28)22(26)29)20(27)13-5-7-14(24)8-6-13/h2-11,19,27H,1H3. The first-order valence-corrected chi connectivity index (χ1v) is 11.1. The molecule has 1 atom stereocenters. The zero-order chi connectivity index (χ0) is 21.7. The van der Waals surface area contributed by atoms with E-state index in [1.807, 2.05) is 42.6 Å². The number of Topliss-reactive ketones (excluding diaryl/α,β-unsaturated/α-hetero) is 1. The van der Waals surface area contributed by atoms with Crippen LogP contribution in [0.15, 0.2) is 65.6 Å². The molecule has 5 rings (SSSR count). The molecule has 0 spiro atoms. The van der Waals surface area contributed by atoms with Crippen molar-refractivity contribution in [1.82, 2.24) is 4.98 Å². The lowest BCUT2D eigenvalue weighted by molar-refractivity contribution is -0.132. The lowest BCUT2D eigenvalue weighted by Crippen LogP contribution is -2.28. The molecule has 1 aliphatic heterocycles. The first-order chi connectivity index (χ1) is 14.9. The minimum Gasteiger partial charge on any atom is -0.507 e. The van der Waals surface area contributed by atoms with Crippen LogP contribution in [-0.2, 0) is 9.59 Å². The van der Waals surface area contributed by atoms with Gasteiger partial charge in [-0.2, -0.15) is 0 Å². The van der Waals surface area contributed by atoms with E-state index in [-0.39, 0.29) is 16.9 Å². The molecule has 1 fully saturated rings. The molecule has 3 heterocycles. The smallest absolute Gasteiger partial charge is 0.301 e. The molecule has 1 aliphatic rings. The van der Waals surface area contributed by atoms with Crippen LogP contribution in [-0.4, -0.2) is 21.8 Å². The van der Waals surface area contributed by atoms with Gasteiger partial charge in [0.15, 0.2) is 5.13 Å². The first-order valence-electron chi connectivity index (χ1n) is 9.41. The molecule has 5 nitrogen and oxygen atoms in total. The normalized spacial score (nSPS) is 18.3. The van der Waals surface area contributed by atoms with Crippen molar-refractivity contribution >= 4 is 55.5 Å². The van der Waals surface area contributed by atoms with Crippen LogP contribution in [0.1, 0.15) is 22.0 Å². The van der Waals surface area contributed by atoms with Gasteiger partial charge in [0.1, 0.15) is 17.6 Å². The van der Waals surface area contributed by atoms with Crippen LogP contribution in [0.5, 0.6) is 0 Å². The summed E-state index contributed by atoms with van der Waals surface area (Å²) in [4.78, 5) is 32.8. The summed E-state index contributed by atoms with van der Waals surface area (Å²) < 4.78 is 14.3. The third kappa shape index (κ3) is 3.24. The predicted molar refractivity (Wildman–Crippen MR) is 120 cm³/mol. The van der Waals surface area contributed by atoms with Gasteiger partial charge >= 0.3 is 5.91 Å². The van der Waals surface area contributed by atoms with Crippen LogP contribution < -0.4 is 4.90 Å². The number of hydrogen-bond acceptors (Lipinski definition) is 6. The topological polar surface area (TPSA) is 70.5 Å². The van der Waals surface area contributed by atoms with Crippen LogP contribution in [0.4, 0.5) is 9.52 Å². The number of nitrogens with zero attached hydrogens (tertiary/aromatic N) is 2. The number of carbonyl (C=O) groups excluding carboxylic acids is 2. The summed E-state index contributed by atoms with van der Waals surface area (Å²) in [6.45, 7) is 1.97. The fraction of sp³-hybridized carbons (Fsp3) is 0.0870. The van der Waals surface area contributed by atoms with Crippen molar-refractivity contribution < 1.29 is 19.1 Å². The van der Waals surface area contributed by atoms with Gasteiger partial charge in [0.05, 0.1) is 15.8 Å².